The Bertz CT molecular complexity index is 565. The van der Waals surface area contributed by atoms with E-state index in [0.717, 1.165) is 17.0 Å². The molecular weight excluding hydrogens is 240 g/mol. The van der Waals surface area contributed by atoms with Crippen molar-refractivity contribution in [1.82, 2.24) is 4.98 Å². The lowest BCUT2D eigenvalue weighted by molar-refractivity contribution is 0.102. The maximum atomic E-state index is 12.1. The topological polar surface area (TPSA) is 51.2 Å². The normalized spacial score (nSPS) is 10.0. The molecular formula is C15H16N2O2. The quantitative estimate of drug-likeness (QED) is 0.914. The zero-order chi connectivity index (χ0) is 13.7. The Balaban J connectivity index is 2.09. The number of amides is 1. The fourth-order valence-electron chi connectivity index (χ4n) is 1.73. The van der Waals surface area contributed by atoms with E-state index in [2.05, 4.69) is 10.3 Å². The number of aromatic nitrogens is 1. The van der Waals surface area contributed by atoms with Crippen molar-refractivity contribution < 1.29 is 9.53 Å². The smallest absolute Gasteiger partial charge is 0.256 e. The lowest BCUT2D eigenvalue weighted by Gasteiger charge is -2.08. The second kappa shape index (κ2) is 6.00. The predicted molar refractivity (Wildman–Crippen MR) is 74.5 cm³/mol. The second-order valence-electron chi connectivity index (χ2n) is 4.10. The minimum Gasteiger partial charge on any atom is -0.494 e. The number of nitrogens with one attached hydrogen (secondary N) is 1. The van der Waals surface area contributed by atoms with E-state index in [1.165, 1.54) is 0 Å². The molecule has 0 radical (unpaired) electrons. The zero-order valence-electron chi connectivity index (χ0n) is 11.0. The zero-order valence-corrected chi connectivity index (χ0v) is 11.0. The van der Waals surface area contributed by atoms with Crippen LogP contribution in [0.25, 0.3) is 0 Å². The Morgan fingerprint density at radius 3 is 2.63 bits per heavy atom. The van der Waals surface area contributed by atoms with Crippen LogP contribution in [0.1, 0.15) is 22.8 Å². The van der Waals surface area contributed by atoms with Gasteiger partial charge in [0.15, 0.2) is 0 Å². The predicted octanol–water partition coefficient (Wildman–Crippen LogP) is 3.04. The number of carbonyl (C=O) groups excluding carboxylic acids is 1. The molecule has 1 amide bonds. The first-order chi connectivity index (χ1) is 9.20. The van der Waals surface area contributed by atoms with Crippen molar-refractivity contribution in [2.45, 2.75) is 13.8 Å². The van der Waals surface area contributed by atoms with E-state index in [4.69, 9.17) is 4.74 Å². The van der Waals surface area contributed by atoms with Crippen molar-refractivity contribution in [2.24, 2.45) is 0 Å². The molecule has 0 fully saturated rings. The van der Waals surface area contributed by atoms with Crippen LogP contribution < -0.4 is 10.1 Å². The average Bonchev–Trinajstić information content (AvgIpc) is 2.42. The summed E-state index contributed by atoms with van der Waals surface area (Å²) in [6.07, 6.45) is 3.28. The summed E-state index contributed by atoms with van der Waals surface area (Å²) < 4.78 is 5.35. The van der Waals surface area contributed by atoms with Crippen LogP contribution in [-0.2, 0) is 0 Å². The lowest BCUT2D eigenvalue weighted by Crippen LogP contribution is -2.13. The monoisotopic (exact) mass is 256 g/mol. The maximum absolute atomic E-state index is 12.1. The van der Waals surface area contributed by atoms with Crippen LogP contribution in [0.3, 0.4) is 0 Å². The summed E-state index contributed by atoms with van der Waals surface area (Å²) >= 11 is 0. The van der Waals surface area contributed by atoms with Gasteiger partial charge in [-0.25, -0.2) is 0 Å². The third kappa shape index (κ3) is 3.31. The highest BCUT2D eigenvalue weighted by atomic mass is 16.5. The van der Waals surface area contributed by atoms with Crippen molar-refractivity contribution >= 4 is 11.6 Å². The van der Waals surface area contributed by atoms with Crippen molar-refractivity contribution in [3.63, 3.8) is 0 Å². The first-order valence-corrected chi connectivity index (χ1v) is 6.15. The summed E-state index contributed by atoms with van der Waals surface area (Å²) in [4.78, 5) is 16.0. The van der Waals surface area contributed by atoms with E-state index < -0.39 is 0 Å². The van der Waals surface area contributed by atoms with Crippen LogP contribution in [0.2, 0.25) is 0 Å². The van der Waals surface area contributed by atoms with Gasteiger partial charge in [-0.1, -0.05) is 0 Å². The third-order valence-corrected chi connectivity index (χ3v) is 2.69. The van der Waals surface area contributed by atoms with Gasteiger partial charge in [0.2, 0.25) is 0 Å². The number of nitrogens with zero attached hydrogens (tertiary/aromatic N) is 1. The lowest BCUT2D eigenvalue weighted by atomic mass is 10.1. The first kappa shape index (κ1) is 13.1. The molecule has 0 aliphatic carbocycles. The van der Waals surface area contributed by atoms with Gasteiger partial charge in [0, 0.05) is 23.6 Å². The number of aryl methyl sites for hydroxylation is 1. The van der Waals surface area contributed by atoms with Gasteiger partial charge >= 0.3 is 0 Å². The largest absolute Gasteiger partial charge is 0.494 e. The Labute approximate surface area is 112 Å². The number of carbonyl (C=O) groups is 1. The molecule has 4 nitrogen and oxygen atoms in total. The van der Waals surface area contributed by atoms with Gasteiger partial charge in [-0.3, -0.25) is 9.78 Å². The number of ether oxygens (including phenoxy) is 1. The summed E-state index contributed by atoms with van der Waals surface area (Å²) in [5.74, 6) is 0.657. The van der Waals surface area contributed by atoms with Crippen molar-refractivity contribution in [2.75, 3.05) is 11.9 Å². The van der Waals surface area contributed by atoms with Gasteiger partial charge in [0.25, 0.3) is 5.91 Å². The Kier molecular flexibility index (Phi) is 4.13. The standard InChI is InChI=1S/C15H16N2O2/c1-3-19-13-6-4-12(5-7-13)17-15(18)14-8-9-16-10-11(14)2/h4-10H,3H2,1-2H3,(H,17,18). The molecule has 4 heteroatoms. The number of hydrogen-bond acceptors (Lipinski definition) is 3. The second-order valence-corrected chi connectivity index (χ2v) is 4.10. The van der Waals surface area contributed by atoms with E-state index in [0.29, 0.717) is 12.2 Å². The van der Waals surface area contributed by atoms with Crippen LogP contribution in [0.15, 0.2) is 42.7 Å². The van der Waals surface area contributed by atoms with E-state index in [-0.39, 0.29) is 5.91 Å². The molecule has 2 aromatic rings. The Morgan fingerprint density at radius 1 is 1.26 bits per heavy atom. The van der Waals surface area contributed by atoms with Gasteiger partial charge in [-0.2, -0.15) is 0 Å². The van der Waals surface area contributed by atoms with Gasteiger partial charge in [-0.05, 0) is 49.7 Å². The maximum Gasteiger partial charge on any atom is 0.256 e. The fourth-order valence-corrected chi connectivity index (χ4v) is 1.73. The molecule has 2 rings (SSSR count). The third-order valence-electron chi connectivity index (χ3n) is 2.69. The highest BCUT2D eigenvalue weighted by molar-refractivity contribution is 6.05. The van der Waals surface area contributed by atoms with Crippen molar-refractivity contribution in [1.29, 1.82) is 0 Å². The molecule has 1 N–H and O–H groups in total. The van der Waals surface area contributed by atoms with Gasteiger partial charge in [0.1, 0.15) is 5.75 Å². The van der Waals surface area contributed by atoms with Crippen LogP contribution in [-0.4, -0.2) is 17.5 Å². The summed E-state index contributed by atoms with van der Waals surface area (Å²) in [6, 6.07) is 9.01. The molecule has 0 aliphatic heterocycles. The average molecular weight is 256 g/mol. The van der Waals surface area contributed by atoms with Crippen molar-refractivity contribution in [3.8, 4) is 5.75 Å². The van der Waals surface area contributed by atoms with Crippen LogP contribution in [0, 0.1) is 6.92 Å². The number of hydrogen-bond donors (Lipinski definition) is 1. The first-order valence-electron chi connectivity index (χ1n) is 6.15. The molecule has 0 spiro atoms. The number of pyridine rings is 1. The molecule has 1 aromatic heterocycles. The Morgan fingerprint density at radius 2 is 2.00 bits per heavy atom. The van der Waals surface area contributed by atoms with E-state index in [9.17, 15) is 4.79 Å². The summed E-state index contributed by atoms with van der Waals surface area (Å²) in [5, 5.41) is 2.85. The van der Waals surface area contributed by atoms with Crippen LogP contribution in [0.4, 0.5) is 5.69 Å². The van der Waals surface area contributed by atoms with E-state index in [1.54, 1.807) is 18.5 Å². The SMILES string of the molecule is CCOc1ccc(NC(=O)c2ccncc2C)cc1. The number of rotatable bonds is 4. The number of benzene rings is 1. The van der Waals surface area contributed by atoms with Crippen LogP contribution >= 0.6 is 0 Å². The molecule has 19 heavy (non-hydrogen) atoms. The highest BCUT2D eigenvalue weighted by Gasteiger charge is 2.08. The molecule has 0 aliphatic rings. The van der Waals surface area contributed by atoms with E-state index in [1.807, 2.05) is 38.1 Å². The minimum atomic E-state index is -0.135. The van der Waals surface area contributed by atoms with Crippen molar-refractivity contribution in [3.05, 3.63) is 53.9 Å². The van der Waals surface area contributed by atoms with E-state index >= 15 is 0 Å². The molecule has 0 atom stereocenters. The summed E-state index contributed by atoms with van der Waals surface area (Å²) in [7, 11) is 0. The molecule has 98 valence electrons. The molecule has 0 saturated heterocycles. The molecule has 1 heterocycles. The molecule has 0 bridgehead atoms. The summed E-state index contributed by atoms with van der Waals surface area (Å²) in [5.41, 5.74) is 2.22. The summed E-state index contributed by atoms with van der Waals surface area (Å²) in [6.45, 7) is 4.42. The fraction of sp³-hybridized carbons (Fsp3) is 0.200. The number of anilines is 1. The molecule has 0 unspecified atom stereocenters. The van der Waals surface area contributed by atoms with Gasteiger partial charge < -0.3 is 10.1 Å². The highest BCUT2D eigenvalue weighted by Crippen LogP contribution is 2.17. The van der Waals surface area contributed by atoms with Gasteiger partial charge in [-0.15, -0.1) is 0 Å². The van der Waals surface area contributed by atoms with Crippen LogP contribution in [0.5, 0.6) is 5.75 Å². The molecule has 0 saturated carbocycles. The Hall–Kier alpha value is -2.36. The molecule has 1 aromatic carbocycles. The van der Waals surface area contributed by atoms with Gasteiger partial charge in [0.05, 0.1) is 6.61 Å². The minimum absolute atomic E-state index is 0.135.